The highest BCUT2D eigenvalue weighted by atomic mass is 32.2. The molecule has 7 heteroatoms. The number of carbonyl (C=O) groups is 2. The molecular weight excluding hydrogens is 266 g/mol. The smallest absolute Gasteiger partial charge is 0.326 e. The topological polar surface area (TPSA) is 72.9 Å². The van der Waals surface area contributed by atoms with Crippen molar-refractivity contribution in [1.29, 1.82) is 0 Å². The van der Waals surface area contributed by atoms with Gasteiger partial charge in [-0.05, 0) is 38.9 Å². The van der Waals surface area contributed by atoms with Crippen LogP contribution in [0.25, 0.3) is 0 Å². The molecule has 1 saturated heterocycles. The summed E-state index contributed by atoms with van der Waals surface area (Å²) in [4.78, 5) is 26.9. The van der Waals surface area contributed by atoms with Crippen LogP contribution in [0.3, 0.4) is 0 Å². The van der Waals surface area contributed by atoms with Crippen molar-refractivity contribution in [3.8, 4) is 0 Å². The van der Waals surface area contributed by atoms with E-state index in [1.165, 1.54) is 0 Å². The number of urea groups is 1. The number of carboxylic acids is 1. The highest BCUT2D eigenvalue weighted by Crippen LogP contribution is 2.13. The summed E-state index contributed by atoms with van der Waals surface area (Å²) in [7, 11) is 3.98. The van der Waals surface area contributed by atoms with E-state index in [2.05, 4.69) is 10.2 Å². The van der Waals surface area contributed by atoms with Crippen molar-refractivity contribution in [3.05, 3.63) is 0 Å². The van der Waals surface area contributed by atoms with Crippen LogP contribution in [0.5, 0.6) is 0 Å². The van der Waals surface area contributed by atoms with Crippen molar-refractivity contribution in [2.24, 2.45) is 0 Å². The Balaban J connectivity index is 2.46. The Morgan fingerprint density at radius 3 is 2.68 bits per heavy atom. The Morgan fingerprint density at radius 2 is 2.21 bits per heavy atom. The van der Waals surface area contributed by atoms with E-state index in [1.807, 2.05) is 20.4 Å². The van der Waals surface area contributed by atoms with E-state index in [0.717, 1.165) is 12.2 Å². The fraction of sp³-hybridized carbons (Fsp3) is 0.833. The second-order valence-corrected chi connectivity index (χ2v) is 5.96. The second kappa shape index (κ2) is 7.59. The van der Waals surface area contributed by atoms with Crippen LogP contribution in [0.4, 0.5) is 4.79 Å². The summed E-state index contributed by atoms with van der Waals surface area (Å²) < 4.78 is 0. The Morgan fingerprint density at radius 1 is 1.53 bits per heavy atom. The number of nitrogens with one attached hydrogen (secondary N) is 1. The molecule has 0 aromatic rings. The Bertz CT molecular complexity index is 325. The molecule has 1 aliphatic rings. The molecule has 0 aromatic heterocycles. The Labute approximate surface area is 118 Å². The molecule has 0 aliphatic carbocycles. The van der Waals surface area contributed by atoms with Crippen LogP contribution in [0, 0.1) is 0 Å². The molecule has 110 valence electrons. The average molecular weight is 289 g/mol. The van der Waals surface area contributed by atoms with Crippen LogP contribution >= 0.6 is 11.8 Å². The number of thioether (sulfide) groups is 1. The summed E-state index contributed by atoms with van der Waals surface area (Å²) in [6.07, 6.45) is 3.30. The lowest BCUT2D eigenvalue weighted by molar-refractivity contribution is -0.139. The predicted molar refractivity (Wildman–Crippen MR) is 76.6 cm³/mol. The molecule has 2 N–H and O–H groups in total. The van der Waals surface area contributed by atoms with Crippen molar-refractivity contribution >= 4 is 23.8 Å². The van der Waals surface area contributed by atoms with Gasteiger partial charge in [-0.2, -0.15) is 11.8 Å². The number of likely N-dealkylation sites (N-methyl/N-ethyl adjacent to an activating group) is 1. The maximum absolute atomic E-state index is 12.0. The molecule has 1 aliphatic heterocycles. The van der Waals surface area contributed by atoms with Gasteiger partial charge in [-0.15, -0.1) is 0 Å². The van der Waals surface area contributed by atoms with E-state index in [4.69, 9.17) is 5.11 Å². The molecule has 0 spiro atoms. The normalized spacial score (nSPS) is 20.6. The third-order valence-electron chi connectivity index (χ3n) is 3.39. The van der Waals surface area contributed by atoms with Gasteiger partial charge in [0.2, 0.25) is 0 Å². The Hall–Kier alpha value is -0.950. The maximum atomic E-state index is 12.0. The lowest BCUT2D eigenvalue weighted by Crippen LogP contribution is -2.48. The number of carbonyl (C=O) groups excluding carboxylic acids is 1. The van der Waals surface area contributed by atoms with Crippen molar-refractivity contribution < 1.29 is 14.7 Å². The Kier molecular flexibility index (Phi) is 6.44. The van der Waals surface area contributed by atoms with E-state index >= 15 is 0 Å². The fourth-order valence-electron chi connectivity index (χ4n) is 2.08. The molecule has 1 fully saturated rings. The highest BCUT2D eigenvalue weighted by molar-refractivity contribution is 7.98. The number of hydrogen-bond acceptors (Lipinski definition) is 4. The van der Waals surface area contributed by atoms with Crippen molar-refractivity contribution in [2.75, 3.05) is 39.2 Å². The molecule has 0 radical (unpaired) electrons. The molecule has 0 saturated carbocycles. The molecule has 1 unspecified atom stereocenters. The summed E-state index contributed by atoms with van der Waals surface area (Å²) in [6.45, 7) is 1.34. The summed E-state index contributed by atoms with van der Waals surface area (Å²) in [5, 5.41) is 11.7. The number of likely N-dealkylation sites (tertiary alicyclic amines) is 1. The molecule has 0 bridgehead atoms. The molecule has 6 nitrogen and oxygen atoms in total. The van der Waals surface area contributed by atoms with Gasteiger partial charge in [-0.1, -0.05) is 0 Å². The summed E-state index contributed by atoms with van der Waals surface area (Å²) >= 11 is 1.58. The van der Waals surface area contributed by atoms with E-state index in [1.54, 1.807) is 16.7 Å². The minimum absolute atomic E-state index is 0.266. The summed E-state index contributed by atoms with van der Waals surface area (Å²) in [5.74, 6) is -0.247. The first kappa shape index (κ1) is 16.1. The van der Waals surface area contributed by atoms with Crippen LogP contribution < -0.4 is 5.32 Å². The van der Waals surface area contributed by atoms with Gasteiger partial charge in [0, 0.05) is 19.1 Å². The number of carboxylic acid groups (broad SMARTS) is 1. The monoisotopic (exact) mass is 289 g/mol. The molecule has 2 atom stereocenters. The lowest BCUT2D eigenvalue weighted by Gasteiger charge is -2.22. The average Bonchev–Trinajstić information content (AvgIpc) is 2.83. The van der Waals surface area contributed by atoms with E-state index in [-0.39, 0.29) is 6.03 Å². The van der Waals surface area contributed by atoms with Gasteiger partial charge in [0.05, 0.1) is 0 Å². The van der Waals surface area contributed by atoms with Crippen molar-refractivity contribution in [2.45, 2.75) is 24.9 Å². The number of hydrogen-bond donors (Lipinski definition) is 2. The van der Waals surface area contributed by atoms with Gasteiger partial charge in [-0.3, -0.25) is 0 Å². The standard InChI is InChI=1S/C12H23N3O3S/c1-14(2)9-4-6-15(8-9)12(18)13-10(11(16)17)5-7-19-3/h9-10H,4-8H2,1-3H3,(H,13,18)(H,16,17)/t9?,10-/m0/s1. The van der Waals surface area contributed by atoms with Gasteiger partial charge in [0.1, 0.15) is 6.04 Å². The van der Waals surface area contributed by atoms with Gasteiger partial charge < -0.3 is 20.2 Å². The quantitative estimate of drug-likeness (QED) is 0.746. The fourth-order valence-corrected chi connectivity index (χ4v) is 2.55. The molecular formula is C12H23N3O3S. The minimum atomic E-state index is -0.967. The highest BCUT2D eigenvalue weighted by Gasteiger charge is 2.29. The van der Waals surface area contributed by atoms with Crippen LogP contribution in [0.15, 0.2) is 0 Å². The van der Waals surface area contributed by atoms with Crippen LogP contribution in [0.2, 0.25) is 0 Å². The molecule has 19 heavy (non-hydrogen) atoms. The van der Waals surface area contributed by atoms with Gasteiger partial charge in [-0.25, -0.2) is 9.59 Å². The van der Waals surface area contributed by atoms with Gasteiger partial charge in [0.15, 0.2) is 0 Å². The zero-order valence-corrected chi connectivity index (χ0v) is 12.6. The zero-order chi connectivity index (χ0) is 14.4. The lowest BCUT2D eigenvalue weighted by atomic mass is 10.2. The van der Waals surface area contributed by atoms with E-state index < -0.39 is 12.0 Å². The zero-order valence-electron chi connectivity index (χ0n) is 11.8. The van der Waals surface area contributed by atoms with E-state index in [0.29, 0.717) is 25.6 Å². The first-order valence-corrected chi connectivity index (χ1v) is 7.78. The minimum Gasteiger partial charge on any atom is -0.480 e. The molecule has 0 aromatic carbocycles. The first-order chi connectivity index (χ1) is 8.95. The van der Waals surface area contributed by atoms with E-state index in [9.17, 15) is 9.59 Å². The molecule has 1 rings (SSSR count). The van der Waals surface area contributed by atoms with Crippen LogP contribution in [-0.2, 0) is 4.79 Å². The SMILES string of the molecule is CSCC[C@H](NC(=O)N1CCC(N(C)C)C1)C(=O)O. The largest absolute Gasteiger partial charge is 0.480 e. The van der Waals surface area contributed by atoms with Gasteiger partial charge in [0.25, 0.3) is 0 Å². The number of rotatable bonds is 6. The second-order valence-electron chi connectivity index (χ2n) is 4.97. The van der Waals surface area contributed by atoms with Crippen LogP contribution in [-0.4, -0.2) is 78.2 Å². The van der Waals surface area contributed by atoms with Crippen molar-refractivity contribution in [3.63, 3.8) is 0 Å². The van der Waals surface area contributed by atoms with Crippen molar-refractivity contribution in [1.82, 2.24) is 15.1 Å². The summed E-state index contributed by atoms with van der Waals surface area (Å²) in [5.41, 5.74) is 0. The third-order valence-corrected chi connectivity index (χ3v) is 4.03. The number of nitrogens with zero attached hydrogens (tertiary/aromatic N) is 2. The molecule has 1 heterocycles. The van der Waals surface area contributed by atoms with Gasteiger partial charge >= 0.3 is 12.0 Å². The number of amides is 2. The third kappa shape index (κ3) is 4.91. The van der Waals surface area contributed by atoms with Crippen LogP contribution in [0.1, 0.15) is 12.8 Å². The molecule has 2 amide bonds. The predicted octanol–water partition coefficient (Wildman–Crippen LogP) is 0.538. The number of aliphatic carboxylic acids is 1. The first-order valence-electron chi connectivity index (χ1n) is 6.39. The maximum Gasteiger partial charge on any atom is 0.326 e. The summed E-state index contributed by atoms with van der Waals surface area (Å²) in [6, 6.07) is -0.698.